The first kappa shape index (κ1) is 11.5. The largest absolute Gasteiger partial charge is 0.486 e. The topological polar surface area (TPSA) is 33.7 Å². The molecule has 1 N–H and O–H groups in total. The summed E-state index contributed by atoms with van der Waals surface area (Å²) < 4.78 is 38.7. The molecule has 0 radical (unpaired) electrons. The van der Waals surface area contributed by atoms with E-state index in [1.165, 1.54) is 0 Å². The summed E-state index contributed by atoms with van der Waals surface area (Å²) in [6.07, 6.45) is 0. The average Bonchev–Trinajstić information content (AvgIpc) is 2.38. The van der Waals surface area contributed by atoms with Crippen molar-refractivity contribution in [2.45, 2.75) is 6.05 Å². The van der Waals surface area contributed by atoms with Crippen LogP contribution in [0.4, 0.5) is 14.5 Å². The minimum atomic E-state index is -2.91. The number of nitrogens with zero attached hydrogens (tertiary/aromatic N) is 1. The Labute approximate surface area is 103 Å². The van der Waals surface area contributed by atoms with Gasteiger partial charge in [0.05, 0.1) is 12.2 Å². The van der Waals surface area contributed by atoms with Crippen LogP contribution >= 0.6 is 0 Å². The number of anilines is 1. The van der Waals surface area contributed by atoms with Crippen LogP contribution in [0.1, 0.15) is 0 Å². The molecule has 1 aromatic rings. The Morgan fingerprint density at radius 2 is 2.06 bits per heavy atom. The van der Waals surface area contributed by atoms with Gasteiger partial charge in [-0.3, -0.25) is 0 Å². The SMILES string of the molecule is FC1(F)CNCCN1c1cccc2c1OCCO2. The van der Waals surface area contributed by atoms with Gasteiger partial charge in [0.2, 0.25) is 0 Å². The van der Waals surface area contributed by atoms with E-state index in [-0.39, 0.29) is 13.1 Å². The van der Waals surface area contributed by atoms with E-state index >= 15 is 0 Å². The molecule has 4 nitrogen and oxygen atoms in total. The predicted octanol–water partition coefficient (Wildman–Crippen LogP) is 1.46. The van der Waals surface area contributed by atoms with Crippen molar-refractivity contribution in [3.63, 3.8) is 0 Å². The van der Waals surface area contributed by atoms with Crippen LogP contribution in [-0.4, -0.2) is 38.9 Å². The molecule has 0 saturated carbocycles. The number of nitrogens with one attached hydrogen (secondary N) is 1. The van der Waals surface area contributed by atoms with Gasteiger partial charge in [0.15, 0.2) is 11.5 Å². The Balaban J connectivity index is 2.00. The van der Waals surface area contributed by atoms with Crippen LogP contribution in [0.15, 0.2) is 18.2 Å². The highest BCUT2D eigenvalue weighted by molar-refractivity contribution is 5.66. The highest BCUT2D eigenvalue weighted by atomic mass is 19.3. The van der Waals surface area contributed by atoms with Crippen LogP contribution in [0, 0.1) is 0 Å². The zero-order valence-corrected chi connectivity index (χ0v) is 9.79. The van der Waals surface area contributed by atoms with Gasteiger partial charge in [-0.05, 0) is 12.1 Å². The molecular weight excluding hydrogens is 242 g/mol. The highest BCUT2D eigenvalue weighted by Gasteiger charge is 2.41. The molecule has 1 aromatic carbocycles. The van der Waals surface area contributed by atoms with Crippen LogP contribution in [0.3, 0.4) is 0 Å². The van der Waals surface area contributed by atoms with E-state index in [1.807, 2.05) is 0 Å². The lowest BCUT2D eigenvalue weighted by Gasteiger charge is -2.38. The fourth-order valence-corrected chi connectivity index (χ4v) is 2.26. The Morgan fingerprint density at radius 1 is 1.22 bits per heavy atom. The van der Waals surface area contributed by atoms with Gasteiger partial charge in [-0.25, -0.2) is 0 Å². The summed E-state index contributed by atoms with van der Waals surface area (Å²) in [6.45, 7) is 1.26. The number of para-hydroxylation sites is 1. The third kappa shape index (κ3) is 1.86. The monoisotopic (exact) mass is 256 g/mol. The van der Waals surface area contributed by atoms with Gasteiger partial charge in [-0.2, -0.15) is 8.78 Å². The zero-order valence-electron chi connectivity index (χ0n) is 9.79. The molecule has 0 amide bonds. The molecule has 0 spiro atoms. The average molecular weight is 256 g/mol. The van der Waals surface area contributed by atoms with Crippen molar-refractivity contribution in [3.05, 3.63) is 18.2 Å². The molecule has 2 aliphatic rings. The first-order valence-corrected chi connectivity index (χ1v) is 5.93. The number of ether oxygens (including phenoxy) is 2. The molecule has 18 heavy (non-hydrogen) atoms. The number of benzene rings is 1. The van der Waals surface area contributed by atoms with Crippen molar-refractivity contribution in [2.75, 3.05) is 37.7 Å². The summed E-state index contributed by atoms with van der Waals surface area (Å²) in [6, 6.07) is 2.18. The number of halogens is 2. The molecule has 3 rings (SSSR count). The molecule has 0 atom stereocenters. The van der Waals surface area contributed by atoms with Crippen molar-refractivity contribution >= 4 is 5.69 Å². The molecule has 1 saturated heterocycles. The maximum absolute atomic E-state index is 13.9. The molecule has 98 valence electrons. The van der Waals surface area contributed by atoms with Gasteiger partial charge in [-0.1, -0.05) is 6.07 Å². The van der Waals surface area contributed by atoms with Gasteiger partial charge < -0.3 is 19.7 Å². The Bertz CT molecular complexity index is 454. The molecular formula is C12H14F2N2O2. The van der Waals surface area contributed by atoms with Gasteiger partial charge >= 0.3 is 6.05 Å². The second-order valence-corrected chi connectivity index (χ2v) is 4.30. The Hall–Kier alpha value is -1.56. The van der Waals surface area contributed by atoms with Crippen LogP contribution < -0.4 is 19.7 Å². The summed E-state index contributed by atoms with van der Waals surface area (Å²) >= 11 is 0. The summed E-state index contributed by atoms with van der Waals surface area (Å²) in [7, 11) is 0. The van der Waals surface area contributed by atoms with E-state index in [0.29, 0.717) is 36.9 Å². The molecule has 0 unspecified atom stereocenters. The maximum atomic E-state index is 13.9. The Kier molecular flexibility index (Phi) is 2.74. The minimum Gasteiger partial charge on any atom is -0.486 e. The highest BCUT2D eigenvalue weighted by Crippen LogP contribution is 2.42. The fourth-order valence-electron chi connectivity index (χ4n) is 2.26. The number of rotatable bonds is 1. The first-order valence-electron chi connectivity index (χ1n) is 5.93. The smallest absolute Gasteiger partial charge is 0.338 e. The lowest BCUT2D eigenvalue weighted by atomic mass is 10.2. The quantitative estimate of drug-likeness (QED) is 0.771. The third-order valence-corrected chi connectivity index (χ3v) is 3.08. The molecule has 6 heteroatoms. The van der Waals surface area contributed by atoms with Crippen molar-refractivity contribution in [2.24, 2.45) is 0 Å². The third-order valence-electron chi connectivity index (χ3n) is 3.08. The molecule has 2 heterocycles. The standard InChI is InChI=1S/C12H14F2N2O2/c13-12(14)8-15-4-5-16(12)9-2-1-3-10-11(9)18-7-6-17-10/h1-3,15H,4-8H2. The van der Waals surface area contributed by atoms with Crippen LogP contribution in [-0.2, 0) is 0 Å². The maximum Gasteiger partial charge on any atom is 0.338 e. The second kappa shape index (κ2) is 4.28. The summed E-state index contributed by atoms with van der Waals surface area (Å²) in [5, 5.41) is 2.69. The minimum absolute atomic E-state index is 0.243. The van der Waals surface area contributed by atoms with Crippen molar-refractivity contribution in [3.8, 4) is 11.5 Å². The van der Waals surface area contributed by atoms with Gasteiger partial charge in [0.25, 0.3) is 0 Å². The summed E-state index contributed by atoms with van der Waals surface area (Å²) in [5.74, 6) is 0.957. The molecule has 0 aliphatic carbocycles. The summed E-state index contributed by atoms with van der Waals surface area (Å²) in [5.41, 5.74) is 0.402. The van der Waals surface area contributed by atoms with E-state index in [0.717, 1.165) is 4.90 Å². The van der Waals surface area contributed by atoms with Crippen molar-refractivity contribution < 1.29 is 18.3 Å². The molecule has 0 bridgehead atoms. The zero-order chi connectivity index (χ0) is 12.6. The number of fused-ring (bicyclic) bond motifs is 1. The van der Waals surface area contributed by atoms with E-state index < -0.39 is 6.05 Å². The normalized spacial score (nSPS) is 21.8. The van der Waals surface area contributed by atoms with Crippen LogP contribution in [0.5, 0.6) is 11.5 Å². The van der Waals surface area contributed by atoms with E-state index in [1.54, 1.807) is 18.2 Å². The number of hydrogen-bond acceptors (Lipinski definition) is 4. The van der Waals surface area contributed by atoms with Crippen LogP contribution in [0.25, 0.3) is 0 Å². The second-order valence-electron chi connectivity index (χ2n) is 4.30. The van der Waals surface area contributed by atoms with Crippen molar-refractivity contribution in [1.29, 1.82) is 0 Å². The lowest BCUT2D eigenvalue weighted by Crippen LogP contribution is -2.56. The first-order chi connectivity index (χ1) is 8.68. The van der Waals surface area contributed by atoms with Crippen LogP contribution in [0.2, 0.25) is 0 Å². The predicted molar refractivity (Wildman–Crippen MR) is 62.6 cm³/mol. The molecule has 0 aromatic heterocycles. The number of alkyl halides is 2. The lowest BCUT2D eigenvalue weighted by molar-refractivity contribution is -0.0127. The fraction of sp³-hybridized carbons (Fsp3) is 0.500. The number of hydrogen-bond donors (Lipinski definition) is 1. The van der Waals surface area contributed by atoms with E-state index in [2.05, 4.69) is 5.32 Å². The van der Waals surface area contributed by atoms with E-state index in [9.17, 15) is 8.78 Å². The van der Waals surface area contributed by atoms with Gasteiger partial charge in [-0.15, -0.1) is 0 Å². The Morgan fingerprint density at radius 3 is 2.89 bits per heavy atom. The van der Waals surface area contributed by atoms with Gasteiger partial charge in [0, 0.05) is 13.1 Å². The molecule has 2 aliphatic heterocycles. The van der Waals surface area contributed by atoms with Gasteiger partial charge in [0.1, 0.15) is 13.2 Å². The van der Waals surface area contributed by atoms with E-state index in [4.69, 9.17) is 9.47 Å². The van der Waals surface area contributed by atoms with Crippen molar-refractivity contribution in [1.82, 2.24) is 5.32 Å². The summed E-state index contributed by atoms with van der Waals surface area (Å²) in [4.78, 5) is 1.08. The number of piperazine rings is 1. The molecule has 1 fully saturated rings.